The molecule has 1 aromatic carbocycles. The Morgan fingerprint density at radius 1 is 0.731 bits per heavy atom. The molecule has 1 aromatic rings. The van der Waals surface area contributed by atoms with Crippen LogP contribution in [0.2, 0.25) is 6.04 Å². The molecule has 0 heterocycles. The Morgan fingerprint density at radius 3 is 1.85 bits per heavy atom. The number of likely N-dealkylation sites (N-methyl/N-ethyl adjacent to an activating group) is 1. The van der Waals surface area contributed by atoms with Crippen molar-refractivity contribution in [3.63, 3.8) is 0 Å². The zero-order valence-electron chi connectivity index (χ0n) is 17.9. The summed E-state index contributed by atoms with van der Waals surface area (Å²) in [7, 11) is 6.06. The summed E-state index contributed by atoms with van der Waals surface area (Å²) in [5.74, 6) is 0. The van der Waals surface area contributed by atoms with Crippen LogP contribution in [0.1, 0.15) is 69.8 Å². The third kappa shape index (κ3) is 13.5. The molecule has 1 N–H and O–H groups in total. The molecule has 0 aliphatic heterocycles. The topological polar surface area (TPSA) is 12.0 Å². The van der Waals surface area contributed by atoms with Gasteiger partial charge in [0.1, 0.15) is 6.54 Å². The van der Waals surface area contributed by atoms with Crippen molar-refractivity contribution in [2.45, 2.75) is 76.8 Å². The van der Waals surface area contributed by atoms with E-state index in [9.17, 15) is 0 Å². The lowest BCUT2D eigenvalue weighted by Gasteiger charge is -2.30. The van der Waals surface area contributed by atoms with Gasteiger partial charge in [-0.2, -0.15) is 0 Å². The molecular weight excluding hydrogens is 332 g/mol. The largest absolute Gasteiger partial charge is 0.324 e. The van der Waals surface area contributed by atoms with Gasteiger partial charge < -0.3 is 9.80 Å². The third-order valence-electron chi connectivity index (χ3n) is 5.30. The van der Waals surface area contributed by atoms with E-state index in [-0.39, 0.29) is 0 Å². The first-order valence-corrected chi connectivity index (χ1v) is 12.6. The predicted molar refractivity (Wildman–Crippen MR) is 121 cm³/mol. The van der Waals surface area contributed by atoms with Crippen LogP contribution >= 0.6 is 0 Å². The average Bonchev–Trinajstić information content (AvgIpc) is 2.62. The van der Waals surface area contributed by atoms with Crippen molar-refractivity contribution >= 4 is 10.2 Å². The summed E-state index contributed by atoms with van der Waals surface area (Å²) in [6.07, 6.45) is 14.5. The van der Waals surface area contributed by atoms with Crippen LogP contribution in [0.5, 0.6) is 0 Å². The molecule has 2 nitrogen and oxygen atoms in total. The van der Waals surface area contributed by atoms with Crippen LogP contribution in [0, 0.1) is 0 Å². The van der Waals surface area contributed by atoms with Crippen molar-refractivity contribution in [3.05, 3.63) is 35.9 Å². The maximum absolute atomic E-state index is 3.65. The fraction of sp³-hybridized carbons (Fsp3) is 0.739. The zero-order chi connectivity index (χ0) is 18.9. The molecule has 0 aliphatic rings. The average molecular weight is 378 g/mol. The van der Waals surface area contributed by atoms with E-state index in [0.717, 1.165) is 17.6 Å². The normalized spacial score (nSPS) is 11.9. The monoisotopic (exact) mass is 377 g/mol. The third-order valence-corrected chi connectivity index (χ3v) is 6.01. The standard InChI is InChI=1S/C23H45N2Si/c1-25(2,22-23-16-12-11-13-17-23)20-19-24-18-14-9-7-5-3-4-6-8-10-15-21-26/h11-13,16-17,24H,3-10,14-15,18-22H2,1-2,26H3/q+1. The number of hydrogen-bond acceptors (Lipinski definition) is 1. The molecule has 0 amide bonds. The first-order chi connectivity index (χ1) is 12.6. The SMILES string of the molecule is C[N+](C)(CCNCCCCCCCCCCCC[SiH3])Cc1ccccc1. The van der Waals surface area contributed by atoms with E-state index in [1.165, 1.54) is 99.1 Å². The van der Waals surface area contributed by atoms with Gasteiger partial charge in [0, 0.05) is 22.4 Å². The molecule has 0 bridgehead atoms. The summed E-state index contributed by atoms with van der Waals surface area (Å²) in [5, 5.41) is 3.65. The van der Waals surface area contributed by atoms with E-state index in [4.69, 9.17) is 0 Å². The Hall–Kier alpha value is -0.643. The molecule has 0 radical (unpaired) electrons. The van der Waals surface area contributed by atoms with Crippen molar-refractivity contribution in [2.75, 3.05) is 33.7 Å². The Bertz CT molecular complexity index is 419. The highest BCUT2D eigenvalue weighted by atomic mass is 28.1. The minimum absolute atomic E-state index is 1.05. The molecule has 150 valence electrons. The fourth-order valence-corrected chi connectivity index (χ4v) is 4.08. The Kier molecular flexibility index (Phi) is 13.9. The molecular formula is C23H45N2Si+. The second-order valence-corrected chi connectivity index (χ2v) is 9.59. The summed E-state index contributed by atoms with van der Waals surface area (Å²) in [6, 6.07) is 12.3. The second kappa shape index (κ2) is 15.4. The summed E-state index contributed by atoms with van der Waals surface area (Å²) in [4.78, 5) is 0. The van der Waals surface area contributed by atoms with Gasteiger partial charge >= 0.3 is 0 Å². The van der Waals surface area contributed by atoms with E-state index in [1.807, 2.05) is 0 Å². The molecule has 0 spiro atoms. The first kappa shape index (κ1) is 23.4. The highest BCUT2D eigenvalue weighted by molar-refractivity contribution is 6.08. The van der Waals surface area contributed by atoms with Crippen LogP contribution < -0.4 is 5.32 Å². The van der Waals surface area contributed by atoms with Gasteiger partial charge in [-0.25, -0.2) is 0 Å². The number of rotatable bonds is 17. The van der Waals surface area contributed by atoms with Gasteiger partial charge in [-0.15, -0.1) is 0 Å². The summed E-state index contributed by atoms with van der Waals surface area (Å²) in [5.41, 5.74) is 1.43. The van der Waals surface area contributed by atoms with Crippen LogP contribution in [0.25, 0.3) is 0 Å². The van der Waals surface area contributed by atoms with E-state index < -0.39 is 0 Å². The molecule has 3 heteroatoms. The minimum atomic E-state index is 1.05. The highest BCUT2D eigenvalue weighted by Crippen LogP contribution is 2.11. The van der Waals surface area contributed by atoms with E-state index in [1.54, 1.807) is 0 Å². The minimum Gasteiger partial charge on any atom is -0.324 e. The molecule has 0 fully saturated rings. The fourth-order valence-electron chi connectivity index (χ4n) is 3.58. The summed E-state index contributed by atoms with van der Waals surface area (Å²) >= 11 is 0. The van der Waals surface area contributed by atoms with Crippen LogP contribution in [-0.4, -0.2) is 48.5 Å². The number of nitrogens with zero attached hydrogens (tertiary/aromatic N) is 1. The van der Waals surface area contributed by atoms with E-state index in [2.05, 4.69) is 49.7 Å². The number of quaternary nitrogens is 1. The molecule has 0 saturated carbocycles. The van der Waals surface area contributed by atoms with Gasteiger partial charge in [0.2, 0.25) is 0 Å². The lowest BCUT2D eigenvalue weighted by molar-refractivity contribution is -0.902. The molecule has 26 heavy (non-hydrogen) atoms. The lowest BCUT2D eigenvalue weighted by atomic mass is 10.1. The van der Waals surface area contributed by atoms with Gasteiger partial charge in [0.05, 0.1) is 20.6 Å². The van der Waals surface area contributed by atoms with Crippen LogP contribution in [0.3, 0.4) is 0 Å². The van der Waals surface area contributed by atoms with E-state index in [0.29, 0.717) is 0 Å². The Balaban J connectivity index is 1.87. The van der Waals surface area contributed by atoms with Crippen molar-refractivity contribution < 1.29 is 4.48 Å². The Labute approximate surface area is 166 Å². The van der Waals surface area contributed by atoms with Crippen LogP contribution in [0.4, 0.5) is 0 Å². The number of benzene rings is 1. The van der Waals surface area contributed by atoms with Crippen molar-refractivity contribution in [3.8, 4) is 0 Å². The molecule has 0 atom stereocenters. The van der Waals surface area contributed by atoms with Gasteiger partial charge in [0.25, 0.3) is 0 Å². The zero-order valence-corrected chi connectivity index (χ0v) is 19.9. The first-order valence-electron chi connectivity index (χ1n) is 11.2. The lowest BCUT2D eigenvalue weighted by Crippen LogP contribution is -2.43. The number of hydrogen-bond donors (Lipinski definition) is 1. The quantitative estimate of drug-likeness (QED) is 0.239. The predicted octanol–water partition coefficient (Wildman–Crippen LogP) is 4.54. The molecule has 1 rings (SSSR count). The maximum atomic E-state index is 3.65. The smallest absolute Gasteiger partial charge is 0.104 e. The molecule has 0 saturated heterocycles. The highest BCUT2D eigenvalue weighted by Gasteiger charge is 2.14. The van der Waals surface area contributed by atoms with Crippen molar-refractivity contribution in [1.82, 2.24) is 5.32 Å². The number of nitrogens with one attached hydrogen (secondary N) is 1. The number of unbranched alkanes of at least 4 members (excludes halogenated alkanes) is 9. The van der Waals surface area contributed by atoms with Gasteiger partial charge in [0.15, 0.2) is 0 Å². The summed E-state index contributed by atoms with van der Waals surface area (Å²) < 4.78 is 1.05. The van der Waals surface area contributed by atoms with Crippen LogP contribution in [0.15, 0.2) is 30.3 Å². The van der Waals surface area contributed by atoms with Gasteiger partial charge in [-0.1, -0.05) is 94.2 Å². The van der Waals surface area contributed by atoms with Gasteiger partial charge in [-0.05, 0) is 13.0 Å². The molecule has 0 aromatic heterocycles. The van der Waals surface area contributed by atoms with Crippen molar-refractivity contribution in [1.29, 1.82) is 0 Å². The van der Waals surface area contributed by atoms with E-state index >= 15 is 0 Å². The molecule has 0 unspecified atom stereocenters. The van der Waals surface area contributed by atoms with Gasteiger partial charge in [-0.3, -0.25) is 0 Å². The van der Waals surface area contributed by atoms with Crippen LogP contribution in [-0.2, 0) is 6.54 Å². The Morgan fingerprint density at radius 2 is 1.27 bits per heavy atom. The molecule has 0 aliphatic carbocycles. The van der Waals surface area contributed by atoms with Crippen molar-refractivity contribution in [2.24, 2.45) is 0 Å². The maximum Gasteiger partial charge on any atom is 0.104 e. The summed E-state index contributed by atoms with van der Waals surface area (Å²) in [6.45, 7) is 4.61. The second-order valence-electron chi connectivity index (χ2n) is 8.59.